The fourth-order valence-corrected chi connectivity index (χ4v) is 3.11. The van der Waals surface area contributed by atoms with E-state index in [-0.39, 0.29) is 5.54 Å². The molecular formula is C15H19N5. The Kier molecular flexibility index (Phi) is 2.82. The third-order valence-electron chi connectivity index (χ3n) is 4.42. The van der Waals surface area contributed by atoms with E-state index >= 15 is 0 Å². The van der Waals surface area contributed by atoms with Gasteiger partial charge in [0.2, 0.25) is 0 Å². The number of aromatic amines is 1. The summed E-state index contributed by atoms with van der Waals surface area (Å²) in [5.41, 5.74) is 2.24. The van der Waals surface area contributed by atoms with Crippen LogP contribution in [0.3, 0.4) is 0 Å². The number of nitrogens with zero attached hydrogens (tertiary/aromatic N) is 3. The molecule has 0 amide bonds. The first-order valence-electron chi connectivity index (χ1n) is 7.31. The zero-order valence-corrected chi connectivity index (χ0v) is 11.5. The van der Waals surface area contributed by atoms with E-state index in [9.17, 15) is 0 Å². The highest BCUT2D eigenvalue weighted by atomic mass is 15.3. The first kappa shape index (κ1) is 12.1. The van der Waals surface area contributed by atoms with Crippen molar-refractivity contribution in [1.82, 2.24) is 25.2 Å². The van der Waals surface area contributed by atoms with Gasteiger partial charge in [-0.3, -0.25) is 4.90 Å². The molecule has 1 aliphatic carbocycles. The Hall–Kier alpha value is -1.72. The fraction of sp³-hybridized carbons (Fsp3) is 0.467. The third kappa shape index (κ3) is 1.94. The second kappa shape index (κ2) is 4.68. The lowest BCUT2D eigenvalue weighted by atomic mass is 10.1. The number of hydrogen-bond acceptors (Lipinski definition) is 4. The van der Waals surface area contributed by atoms with Gasteiger partial charge in [0.1, 0.15) is 5.82 Å². The second-order valence-corrected chi connectivity index (χ2v) is 5.65. The van der Waals surface area contributed by atoms with Crippen LogP contribution in [0, 0.1) is 0 Å². The number of H-pyrrole nitrogens is 1. The van der Waals surface area contributed by atoms with Crippen molar-refractivity contribution in [2.75, 3.05) is 26.2 Å². The van der Waals surface area contributed by atoms with Gasteiger partial charge in [-0.15, -0.1) is 0 Å². The van der Waals surface area contributed by atoms with E-state index in [0.717, 1.165) is 43.3 Å². The van der Waals surface area contributed by atoms with E-state index in [2.05, 4.69) is 25.2 Å². The van der Waals surface area contributed by atoms with Crippen LogP contribution >= 0.6 is 0 Å². The minimum Gasteiger partial charge on any atom is -0.361 e. The van der Waals surface area contributed by atoms with Crippen LogP contribution in [0.25, 0.3) is 11.3 Å². The second-order valence-electron chi connectivity index (χ2n) is 5.65. The summed E-state index contributed by atoms with van der Waals surface area (Å²) in [4.78, 5) is 15.0. The lowest BCUT2D eigenvalue weighted by molar-refractivity contribution is 0.147. The molecule has 0 radical (unpaired) electrons. The van der Waals surface area contributed by atoms with Gasteiger partial charge in [0.05, 0.1) is 5.54 Å². The van der Waals surface area contributed by atoms with Crippen molar-refractivity contribution in [3.05, 3.63) is 36.5 Å². The highest BCUT2D eigenvalue weighted by Crippen LogP contribution is 2.49. The molecule has 0 spiro atoms. The van der Waals surface area contributed by atoms with Gasteiger partial charge < -0.3 is 10.3 Å². The van der Waals surface area contributed by atoms with Crippen LogP contribution in [0.2, 0.25) is 0 Å². The fourth-order valence-electron chi connectivity index (χ4n) is 3.11. The van der Waals surface area contributed by atoms with Crippen LogP contribution in [0.4, 0.5) is 0 Å². The van der Waals surface area contributed by atoms with Gasteiger partial charge in [-0.05, 0) is 25.0 Å². The maximum atomic E-state index is 4.65. The summed E-state index contributed by atoms with van der Waals surface area (Å²) in [5.74, 6) is 0.995. The van der Waals surface area contributed by atoms with Crippen LogP contribution in [0.5, 0.6) is 0 Å². The average molecular weight is 269 g/mol. The molecule has 0 aromatic carbocycles. The molecule has 3 heterocycles. The molecular weight excluding hydrogens is 250 g/mol. The maximum Gasteiger partial charge on any atom is 0.148 e. The van der Waals surface area contributed by atoms with Crippen LogP contribution < -0.4 is 5.32 Å². The highest BCUT2D eigenvalue weighted by molar-refractivity contribution is 5.56. The topological polar surface area (TPSA) is 56.8 Å². The molecule has 0 unspecified atom stereocenters. The van der Waals surface area contributed by atoms with Gasteiger partial charge in [-0.2, -0.15) is 0 Å². The van der Waals surface area contributed by atoms with Crippen molar-refractivity contribution in [3.63, 3.8) is 0 Å². The van der Waals surface area contributed by atoms with E-state index in [1.54, 1.807) is 0 Å². The summed E-state index contributed by atoms with van der Waals surface area (Å²) in [6, 6.07) is 4.04. The first-order valence-corrected chi connectivity index (χ1v) is 7.31. The Balaban J connectivity index is 1.59. The summed E-state index contributed by atoms with van der Waals surface area (Å²) >= 11 is 0. The van der Waals surface area contributed by atoms with Crippen molar-refractivity contribution in [1.29, 1.82) is 0 Å². The Morgan fingerprint density at radius 3 is 2.45 bits per heavy atom. The third-order valence-corrected chi connectivity index (χ3v) is 4.42. The normalized spacial score (nSPS) is 21.8. The van der Waals surface area contributed by atoms with Gasteiger partial charge in [-0.25, -0.2) is 9.97 Å². The summed E-state index contributed by atoms with van der Waals surface area (Å²) in [6.07, 6.45) is 8.18. The van der Waals surface area contributed by atoms with Gasteiger partial charge in [0.15, 0.2) is 0 Å². The number of piperazine rings is 1. The minimum absolute atomic E-state index is 0.121. The van der Waals surface area contributed by atoms with Crippen LogP contribution in [-0.4, -0.2) is 46.0 Å². The molecule has 0 atom stereocenters. The molecule has 0 bridgehead atoms. The summed E-state index contributed by atoms with van der Waals surface area (Å²) in [6.45, 7) is 4.34. The standard InChI is InChI=1S/C15H19N5/c1-2-13(17-5-1)12-10-18-14(19-11-12)15(3-4-15)20-8-6-16-7-9-20/h1-2,5,10-11,16-17H,3-4,6-9H2. The maximum absolute atomic E-state index is 4.65. The zero-order valence-electron chi connectivity index (χ0n) is 11.5. The van der Waals surface area contributed by atoms with Crippen molar-refractivity contribution in [3.8, 4) is 11.3 Å². The van der Waals surface area contributed by atoms with Crippen molar-refractivity contribution >= 4 is 0 Å². The largest absolute Gasteiger partial charge is 0.361 e. The minimum atomic E-state index is 0.121. The highest BCUT2D eigenvalue weighted by Gasteiger charge is 2.51. The van der Waals surface area contributed by atoms with Crippen molar-refractivity contribution in [2.24, 2.45) is 0 Å². The van der Waals surface area contributed by atoms with Crippen molar-refractivity contribution < 1.29 is 0 Å². The lowest BCUT2D eigenvalue weighted by Gasteiger charge is -2.34. The van der Waals surface area contributed by atoms with E-state index in [0.29, 0.717) is 0 Å². The molecule has 2 aliphatic rings. The van der Waals surface area contributed by atoms with Gasteiger partial charge >= 0.3 is 0 Å². The van der Waals surface area contributed by atoms with Gasteiger partial charge in [0, 0.05) is 56.0 Å². The molecule has 5 heteroatoms. The quantitative estimate of drug-likeness (QED) is 0.883. The summed E-state index contributed by atoms with van der Waals surface area (Å²) < 4.78 is 0. The molecule has 5 nitrogen and oxygen atoms in total. The van der Waals surface area contributed by atoms with Crippen molar-refractivity contribution in [2.45, 2.75) is 18.4 Å². The molecule has 1 saturated carbocycles. The molecule has 1 saturated heterocycles. The van der Waals surface area contributed by atoms with Crippen LogP contribution in [-0.2, 0) is 5.54 Å². The summed E-state index contributed by atoms with van der Waals surface area (Å²) in [5, 5.41) is 3.41. The molecule has 2 N–H and O–H groups in total. The average Bonchev–Trinajstić information content (AvgIpc) is 3.15. The smallest absolute Gasteiger partial charge is 0.148 e. The lowest BCUT2D eigenvalue weighted by Crippen LogP contribution is -2.49. The molecule has 2 aromatic heterocycles. The zero-order chi connectivity index (χ0) is 13.4. The van der Waals surface area contributed by atoms with Crippen LogP contribution in [0.15, 0.2) is 30.7 Å². The Morgan fingerprint density at radius 2 is 1.85 bits per heavy atom. The number of nitrogens with one attached hydrogen (secondary N) is 2. The Labute approximate surface area is 118 Å². The van der Waals surface area contributed by atoms with Crippen LogP contribution in [0.1, 0.15) is 18.7 Å². The molecule has 2 aromatic rings. The SMILES string of the molecule is c1c[nH]c(-c2cnc(C3(N4CCNCC4)CC3)nc2)c1. The molecule has 1 aliphatic heterocycles. The number of hydrogen-bond donors (Lipinski definition) is 2. The molecule has 4 rings (SSSR count). The molecule has 104 valence electrons. The number of aromatic nitrogens is 3. The summed E-state index contributed by atoms with van der Waals surface area (Å²) in [7, 11) is 0. The molecule has 20 heavy (non-hydrogen) atoms. The monoisotopic (exact) mass is 269 g/mol. The van der Waals surface area contributed by atoms with E-state index in [1.807, 2.05) is 30.7 Å². The Bertz CT molecular complexity index is 565. The predicted molar refractivity (Wildman–Crippen MR) is 77.2 cm³/mol. The Morgan fingerprint density at radius 1 is 1.10 bits per heavy atom. The van der Waals surface area contributed by atoms with E-state index in [1.165, 1.54) is 12.8 Å². The van der Waals surface area contributed by atoms with E-state index in [4.69, 9.17) is 0 Å². The molecule has 2 fully saturated rings. The number of rotatable bonds is 3. The predicted octanol–water partition coefficient (Wildman–Crippen LogP) is 1.37. The van der Waals surface area contributed by atoms with Gasteiger partial charge in [0.25, 0.3) is 0 Å². The first-order chi connectivity index (χ1) is 9.88. The van der Waals surface area contributed by atoms with Gasteiger partial charge in [-0.1, -0.05) is 0 Å². The van der Waals surface area contributed by atoms with E-state index < -0.39 is 0 Å².